The van der Waals surface area contributed by atoms with Gasteiger partial charge in [-0.15, -0.1) is 11.6 Å². The molecule has 0 spiro atoms. The zero-order valence-electron chi connectivity index (χ0n) is 12.7. The molecule has 0 aromatic rings. The van der Waals surface area contributed by atoms with Gasteiger partial charge >= 0.3 is 0 Å². The van der Waals surface area contributed by atoms with Crippen LogP contribution in [0.4, 0.5) is 0 Å². The minimum atomic E-state index is 0.852. The molecule has 0 aromatic carbocycles. The van der Waals surface area contributed by atoms with Crippen LogP contribution in [0.3, 0.4) is 0 Å². The molecule has 2 fully saturated rings. The van der Waals surface area contributed by atoms with Gasteiger partial charge in [-0.1, -0.05) is 70.6 Å². The largest absolute Gasteiger partial charge is 0.127 e. The first-order valence-corrected chi connectivity index (χ1v) is 9.49. The molecule has 19 heavy (non-hydrogen) atoms. The van der Waals surface area contributed by atoms with Gasteiger partial charge in [0, 0.05) is 5.88 Å². The van der Waals surface area contributed by atoms with E-state index in [2.05, 4.69) is 0 Å². The van der Waals surface area contributed by atoms with Gasteiger partial charge in [0.2, 0.25) is 0 Å². The summed E-state index contributed by atoms with van der Waals surface area (Å²) in [5.41, 5.74) is 0. The Morgan fingerprint density at radius 2 is 1.37 bits per heavy atom. The molecule has 0 radical (unpaired) electrons. The first kappa shape index (κ1) is 15.7. The van der Waals surface area contributed by atoms with E-state index in [4.69, 9.17) is 11.6 Å². The number of halogens is 1. The second kappa shape index (κ2) is 9.27. The molecule has 0 nitrogen and oxygen atoms in total. The molecule has 2 aliphatic rings. The lowest BCUT2D eigenvalue weighted by atomic mass is 9.88. The lowest BCUT2D eigenvalue weighted by Gasteiger charge is -2.18. The molecule has 0 aliphatic heterocycles. The zero-order valence-corrected chi connectivity index (χ0v) is 13.5. The highest BCUT2D eigenvalue weighted by Gasteiger charge is 2.31. The molecule has 2 aliphatic carbocycles. The first-order chi connectivity index (χ1) is 9.40. The Hall–Kier alpha value is 0.290. The van der Waals surface area contributed by atoms with Crippen molar-refractivity contribution in [2.75, 3.05) is 5.88 Å². The summed E-state index contributed by atoms with van der Waals surface area (Å²) in [7, 11) is 0. The van der Waals surface area contributed by atoms with Crippen LogP contribution in [0.15, 0.2) is 0 Å². The molecule has 2 rings (SSSR count). The van der Waals surface area contributed by atoms with Crippen molar-refractivity contribution in [2.45, 2.75) is 89.9 Å². The van der Waals surface area contributed by atoms with Crippen LogP contribution in [-0.4, -0.2) is 5.88 Å². The third-order valence-electron chi connectivity index (χ3n) is 5.64. The fourth-order valence-corrected chi connectivity index (χ4v) is 4.66. The average molecular weight is 285 g/mol. The van der Waals surface area contributed by atoms with Gasteiger partial charge in [0.15, 0.2) is 0 Å². The van der Waals surface area contributed by atoms with E-state index >= 15 is 0 Å². The Morgan fingerprint density at radius 1 is 0.684 bits per heavy atom. The van der Waals surface area contributed by atoms with E-state index in [1.54, 1.807) is 32.1 Å². The predicted molar refractivity (Wildman–Crippen MR) is 85.8 cm³/mol. The summed E-state index contributed by atoms with van der Waals surface area (Å²) in [5.74, 6) is 4.19. The summed E-state index contributed by atoms with van der Waals surface area (Å²) in [6.45, 7) is 0. The second-order valence-electron chi connectivity index (χ2n) is 7.08. The van der Waals surface area contributed by atoms with Crippen LogP contribution in [-0.2, 0) is 0 Å². The molecule has 0 aromatic heterocycles. The van der Waals surface area contributed by atoms with Gasteiger partial charge in [-0.3, -0.25) is 0 Å². The topological polar surface area (TPSA) is 0 Å². The summed E-state index contributed by atoms with van der Waals surface area (Å²) in [4.78, 5) is 0. The van der Waals surface area contributed by atoms with Crippen LogP contribution >= 0.6 is 11.6 Å². The second-order valence-corrected chi connectivity index (χ2v) is 7.46. The Kier molecular flexibility index (Phi) is 7.65. The van der Waals surface area contributed by atoms with Gasteiger partial charge in [-0.05, 0) is 37.0 Å². The fourth-order valence-electron chi connectivity index (χ4n) is 4.47. The number of hydrogen-bond acceptors (Lipinski definition) is 0. The number of alkyl halides is 1. The van der Waals surface area contributed by atoms with Gasteiger partial charge < -0.3 is 0 Å². The molecule has 0 heterocycles. The number of hydrogen-bond donors (Lipinski definition) is 0. The maximum Gasteiger partial charge on any atom is 0.0223 e. The third kappa shape index (κ3) is 5.66. The lowest BCUT2D eigenvalue weighted by Crippen LogP contribution is -2.07. The average Bonchev–Trinajstić information content (AvgIpc) is 3.08. The van der Waals surface area contributed by atoms with Crippen molar-refractivity contribution < 1.29 is 0 Å². The van der Waals surface area contributed by atoms with Crippen molar-refractivity contribution in [3.8, 4) is 0 Å². The van der Waals surface area contributed by atoms with E-state index in [1.807, 2.05) is 0 Å². The molecule has 0 saturated heterocycles. The van der Waals surface area contributed by atoms with E-state index < -0.39 is 0 Å². The lowest BCUT2D eigenvalue weighted by molar-refractivity contribution is 0.329. The first-order valence-electron chi connectivity index (χ1n) is 8.96. The minimum absolute atomic E-state index is 0.852. The van der Waals surface area contributed by atoms with Crippen molar-refractivity contribution in [3.05, 3.63) is 0 Å². The fraction of sp³-hybridized carbons (Fsp3) is 1.00. The van der Waals surface area contributed by atoms with Crippen LogP contribution in [0.2, 0.25) is 0 Å². The van der Waals surface area contributed by atoms with Crippen LogP contribution in [0.5, 0.6) is 0 Å². The van der Waals surface area contributed by atoms with Crippen LogP contribution in [0, 0.1) is 17.8 Å². The Balaban J connectivity index is 1.46. The highest BCUT2D eigenvalue weighted by Crippen LogP contribution is 2.44. The molecule has 2 unspecified atom stereocenters. The summed E-state index contributed by atoms with van der Waals surface area (Å²) in [6, 6.07) is 0. The van der Waals surface area contributed by atoms with Crippen LogP contribution in [0.1, 0.15) is 89.9 Å². The SMILES string of the molecule is ClCCCCCCCCC1CCC(C2CCCC2)C1. The quantitative estimate of drug-likeness (QED) is 0.332. The molecule has 1 heteroatoms. The standard InChI is InChI=1S/C18H33Cl/c19-14-8-4-2-1-3-5-9-16-12-13-18(15-16)17-10-6-7-11-17/h16-18H,1-15H2. The van der Waals surface area contributed by atoms with E-state index in [0.717, 1.165) is 23.6 Å². The molecule has 2 saturated carbocycles. The van der Waals surface area contributed by atoms with Crippen molar-refractivity contribution >= 4 is 11.6 Å². The molecule has 2 atom stereocenters. The van der Waals surface area contributed by atoms with E-state index in [9.17, 15) is 0 Å². The van der Waals surface area contributed by atoms with Gasteiger partial charge in [0.25, 0.3) is 0 Å². The smallest absolute Gasteiger partial charge is 0.0223 e. The number of unbranched alkanes of at least 4 members (excludes halogenated alkanes) is 5. The molecule has 0 amide bonds. The minimum Gasteiger partial charge on any atom is -0.127 e. The molecule has 0 bridgehead atoms. The third-order valence-corrected chi connectivity index (χ3v) is 5.91. The Labute approximate surface area is 125 Å². The van der Waals surface area contributed by atoms with Crippen molar-refractivity contribution in [2.24, 2.45) is 17.8 Å². The van der Waals surface area contributed by atoms with E-state index in [0.29, 0.717) is 0 Å². The molecular weight excluding hydrogens is 252 g/mol. The zero-order chi connectivity index (χ0) is 13.3. The van der Waals surface area contributed by atoms with E-state index in [-0.39, 0.29) is 0 Å². The van der Waals surface area contributed by atoms with Crippen molar-refractivity contribution in [1.29, 1.82) is 0 Å². The molecule has 0 N–H and O–H groups in total. The number of rotatable bonds is 9. The van der Waals surface area contributed by atoms with Crippen LogP contribution < -0.4 is 0 Å². The summed E-state index contributed by atoms with van der Waals surface area (Å²) < 4.78 is 0. The normalized spacial score (nSPS) is 28.3. The highest BCUT2D eigenvalue weighted by molar-refractivity contribution is 6.17. The van der Waals surface area contributed by atoms with Crippen molar-refractivity contribution in [3.63, 3.8) is 0 Å². The summed E-state index contributed by atoms with van der Waals surface area (Å²) >= 11 is 5.70. The highest BCUT2D eigenvalue weighted by atomic mass is 35.5. The summed E-state index contributed by atoms with van der Waals surface area (Å²) in [5, 5.41) is 0. The van der Waals surface area contributed by atoms with Crippen molar-refractivity contribution in [1.82, 2.24) is 0 Å². The van der Waals surface area contributed by atoms with Crippen LogP contribution in [0.25, 0.3) is 0 Å². The summed E-state index contributed by atoms with van der Waals surface area (Å²) in [6.07, 6.45) is 20.7. The predicted octanol–water partition coefficient (Wildman–Crippen LogP) is 6.56. The Bertz CT molecular complexity index is 220. The van der Waals surface area contributed by atoms with Gasteiger partial charge in [0.1, 0.15) is 0 Å². The monoisotopic (exact) mass is 284 g/mol. The Morgan fingerprint density at radius 3 is 2.11 bits per heavy atom. The van der Waals surface area contributed by atoms with Gasteiger partial charge in [0.05, 0.1) is 0 Å². The molecule has 112 valence electrons. The van der Waals surface area contributed by atoms with E-state index in [1.165, 1.54) is 57.8 Å². The van der Waals surface area contributed by atoms with Gasteiger partial charge in [-0.25, -0.2) is 0 Å². The maximum atomic E-state index is 5.70. The van der Waals surface area contributed by atoms with Gasteiger partial charge in [-0.2, -0.15) is 0 Å². The maximum absolute atomic E-state index is 5.70. The molecular formula is C18H33Cl.